The van der Waals surface area contributed by atoms with Crippen LogP contribution in [0, 0.1) is 0 Å². The van der Waals surface area contributed by atoms with Crippen molar-refractivity contribution < 1.29 is 23.8 Å². The Morgan fingerprint density at radius 3 is 2.69 bits per heavy atom. The van der Waals surface area contributed by atoms with Crippen LogP contribution in [-0.2, 0) is 24.4 Å². The van der Waals surface area contributed by atoms with E-state index in [0.717, 1.165) is 9.86 Å². The first kappa shape index (κ1) is 18.8. The molecule has 138 valence electrons. The molecule has 1 aromatic carbocycles. The zero-order chi connectivity index (χ0) is 18.7. The molecule has 0 atom stereocenters. The number of aromatic nitrogens is 1. The molecule has 0 amide bonds. The van der Waals surface area contributed by atoms with Gasteiger partial charge in [0, 0.05) is 29.3 Å². The van der Waals surface area contributed by atoms with E-state index in [1.807, 2.05) is 18.2 Å². The smallest absolute Gasteiger partial charge is 0.340 e. The van der Waals surface area contributed by atoms with Crippen LogP contribution in [0.15, 0.2) is 28.9 Å². The minimum Gasteiger partial charge on any atom is -0.468 e. The highest BCUT2D eigenvalue weighted by Gasteiger charge is 2.46. The first-order chi connectivity index (χ1) is 12.5. The van der Waals surface area contributed by atoms with E-state index >= 15 is 0 Å². The zero-order valence-corrected chi connectivity index (χ0v) is 16.3. The summed E-state index contributed by atoms with van der Waals surface area (Å²) in [7, 11) is 1.36. The number of methoxy groups -OCH3 is 1. The van der Waals surface area contributed by atoms with E-state index in [4.69, 9.17) is 14.2 Å². The summed E-state index contributed by atoms with van der Waals surface area (Å²) in [6, 6.07) is 5.60. The number of carbonyl (C=O) groups excluding carboxylic acids is 2. The molecular weight excluding hydrogens is 402 g/mol. The van der Waals surface area contributed by atoms with Crippen molar-refractivity contribution in [1.82, 2.24) is 4.98 Å². The molecule has 0 N–H and O–H groups in total. The lowest BCUT2D eigenvalue weighted by Gasteiger charge is -2.36. The number of rotatable bonds is 4. The number of esters is 2. The van der Waals surface area contributed by atoms with Gasteiger partial charge in [-0.2, -0.15) is 0 Å². The van der Waals surface area contributed by atoms with Gasteiger partial charge >= 0.3 is 11.9 Å². The number of carbonyl (C=O) groups is 2. The van der Waals surface area contributed by atoms with Gasteiger partial charge in [0.2, 0.25) is 0 Å². The second kappa shape index (κ2) is 7.72. The summed E-state index contributed by atoms with van der Waals surface area (Å²) in [5.41, 5.74) is 0.615. The number of para-hydroxylation sites is 1. The maximum absolute atomic E-state index is 12.9. The van der Waals surface area contributed by atoms with Gasteiger partial charge in [-0.05, 0) is 47.3 Å². The topological polar surface area (TPSA) is 74.7 Å². The van der Waals surface area contributed by atoms with Gasteiger partial charge in [-0.25, -0.2) is 4.79 Å². The van der Waals surface area contributed by atoms with Crippen molar-refractivity contribution in [2.75, 3.05) is 26.9 Å². The van der Waals surface area contributed by atoms with Crippen molar-refractivity contribution in [1.29, 1.82) is 0 Å². The number of halogens is 1. The molecule has 1 aromatic heterocycles. The number of benzene rings is 1. The third kappa shape index (κ3) is 3.10. The third-order valence-electron chi connectivity index (χ3n) is 4.74. The Labute approximate surface area is 160 Å². The quantitative estimate of drug-likeness (QED) is 0.704. The van der Waals surface area contributed by atoms with Crippen molar-refractivity contribution in [3.8, 4) is 0 Å². The second-order valence-electron chi connectivity index (χ2n) is 6.09. The Balaban J connectivity index is 2.36. The van der Waals surface area contributed by atoms with E-state index in [9.17, 15) is 9.59 Å². The molecular formula is C19H20BrNO5. The fourth-order valence-electron chi connectivity index (χ4n) is 3.54. The van der Waals surface area contributed by atoms with Crippen LogP contribution in [0.25, 0.3) is 10.9 Å². The zero-order valence-electron chi connectivity index (χ0n) is 14.7. The number of nitrogens with zero attached hydrogens (tertiary/aromatic N) is 1. The lowest BCUT2D eigenvalue weighted by Crippen LogP contribution is -2.43. The molecule has 0 saturated carbocycles. The lowest BCUT2D eigenvalue weighted by atomic mass is 9.71. The predicted molar refractivity (Wildman–Crippen MR) is 99.1 cm³/mol. The van der Waals surface area contributed by atoms with Crippen LogP contribution >= 0.6 is 15.9 Å². The SMILES string of the molecule is CCOC(=O)c1cnc2c(Br)cccc2c1C1(C(=O)OC)CCOCC1. The van der Waals surface area contributed by atoms with E-state index in [1.165, 1.54) is 13.3 Å². The Morgan fingerprint density at radius 1 is 1.31 bits per heavy atom. The molecule has 0 radical (unpaired) electrons. The molecule has 26 heavy (non-hydrogen) atoms. The molecule has 0 bridgehead atoms. The largest absolute Gasteiger partial charge is 0.468 e. The summed E-state index contributed by atoms with van der Waals surface area (Å²) >= 11 is 3.50. The average molecular weight is 422 g/mol. The highest BCUT2D eigenvalue weighted by Crippen LogP contribution is 2.42. The molecule has 0 aliphatic carbocycles. The molecule has 2 heterocycles. The van der Waals surface area contributed by atoms with Gasteiger partial charge in [0.1, 0.15) is 0 Å². The summed E-state index contributed by atoms with van der Waals surface area (Å²) in [5, 5.41) is 0.734. The lowest BCUT2D eigenvalue weighted by molar-refractivity contribution is -0.151. The maximum Gasteiger partial charge on any atom is 0.340 e. The minimum atomic E-state index is -0.975. The summed E-state index contributed by atoms with van der Waals surface area (Å²) in [5.74, 6) is -0.870. The number of ether oxygens (including phenoxy) is 3. The molecule has 1 aliphatic heterocycles. The van der Waals surface area contributed by atoms with Crippen LogP contribution in [0.1, 0.15) is 35.7 Å². The molecule has 1 fully saturated rings. The van der Waals surface area contributed by atoms with Crippen LogP contribution in [0.4, 0.5) is 0 Å². The van der Waals surface area contributed by atoms with Crippen molar-refractivity contribution in [2.24, 2.45) is 0 Å². The van der Waals surface area contributed by atoms with Crippen molar-refractivity contribution in [3.63, 3.8) is 0 Å². The Kier molecular flexibility index (Phi) is 5.58. The van der Waals surface area contributed by atoms with Gasteiger partial charge in [0.05, 0.1) is 30.2 Å². The Morgan fingerprint density at radius 2 is 2.04 bits per heavy atom. The summed E-state index contributed by atoms with van der Waals surface area (Å²) in [6.07, 6.45) is 2.34. The molecule has 1 saturated heterocycles. The van der Waals surface area contributed by atoms with E-state index in [-0.39, 0.29) is 12.6 Å². The Hall–Kier alpha value is -1.99. The standard InChI is InChI=1S/C19H20BrNO5/c1-3-26-17(22)13-11-21-16-12(5-4-6-14(16)20)15(13)19(18(23)24-2)7-9-25-10-8-19/h4-6,11H,3,7-10H2,1-2H3. The molecule has 1 aliphatic rings. The van der Waals surface area contributed by atoms with Crippen LogP contribution in [0.5, 0.6) is 0 Å². The summed E-state index contributed by atoms with van der Waals surface area (Å²) < 4.78 is 16.6. The van der Waals surface area contributed by atoms with Gasteiger partial charge in [-0.1, -0.05) is 12.1 Å². The highest BCUT2D eigenvalue weighted by molar-refractivity contribution is 9.10. The van der Waals surface area contributed by atoms with Gasteiger partial charge in [-0.15, -0.1) is 0 Å². The number of hydrogen-bond acceptors (Lipinski definition) is 6. The van der Waals surface area contributed by atoms with E-state index in [0.29, 0.717) is 42.7 Å². The van der Waals surface area contributed by atoms with E-state index in [2.05, 4.69) is 20.9 Å². The molecule has 0 unspecified atom stereocenters. The number of hydrogen-bond donors (Lipinski definition) is 0. The fraction of sp³-hybridized carbons (Fsp3) is 0.421. The van der Waals surface area contributed by atoms with Gasteiger partial charge in [0.15, 0.2) is 0 Å². The first-order valence-electron chi connectivity index (χ1n) is 8.46. The van der Waals surface area contributed by atoms with Gasteiger partial charge in [0.25, 0.3) is 0 Å². The molecule has 0 spiro atoms. The molecule has 3 rings (SSSR count). The highest BCUT2D eigenvalue weighted by atomic mass is 79.9. The fourth-order valence-corrected chi connectivity index (χ4v) is 4.01. The van der Waals surface area contributed by atoms with Gasteiger partial charge in [-0.3, -0.25) is 9.78 Å². The normalized spacial score (nSPS) is 16.3. The minimum absolute atomic E-state index is 0.239. The number of fused-ring (bicyclic) bond motifs is 1. The van der Waals surface area contributed by atoms with Crippen molar-refractivity contribution in [2.45, 2.75) is 25.2 Å². The summed E-state index contributed by atoms with van der Waals surface area (Å²) in [6.45, 7) is 2.81. The molecule has 7 heteroatoms. The Bertz CT molecular complexity index is 845. The maximum atomic E-state index is 12.9. The van der Waals surface area contributed by atoms with Crippen LogP contribution in [0.3, 0.4) is 0 Å². The monoisotopic (exact) mass is 421 g/mol. The first-order valence-corrected chi connectivity index (χ1v) is 9.25. The van der Waals surface area contributed by atoms with Crippen molar-refractivity contribution >= 4 is 38.8 Å². The average Bonchev–Trinajstić information content (AvgIpc) is 2.67. The van der Waals surface area contributed by atoms with E-state index in [1.54, 1.807) is 6.92 Å². The third-order valence-corrected chi connectivity index (χ3v) is 5.38. The van der Waals surface area contributed by atoms with Crippen LogP contribution in [-0.4, -0.2) is 43.9 Å². The summed E-state index contributed by atoms with van der Waals surface area (Å²) in [4.78, 5) is 29.9. The predicted octanol–water partition coefficient (Wildman–Crippen LogP) is 3.40. The van der Waals surface area contributed by atoms with E-state index < -0.39 is 11.4 Å². The van der Waals surface area contributed by atoms with Crippen LogP contribution < -0.4 is 0 Å². The van der Waals surface area contributed by atoms with Crippen molar-refractivity contribution in [3.05, 3.63) is 40.0 Å². The molecule has 6 nitrogen and oxygen atoms in total. The second-order valence-corrected chi connectivity index (χ2v) is 6.94. The molecule has 2 aromatic rings. The van der Waals surface area contributed by atoms with Gasteiger partial charge < -0.3 is 14.2 Å². The number of pyridine rings is 1. The van der Waals surface area contributed by atoms with Crippen LogP contribution in [0.2, 0.25) is 0 Å².